The number of hydrogen-bond acceptors (Lipinski definition) is 3. The second-order valence-corrected chi connectivity index (χ2v) is 4.42. The highest BCUT2D eigenvalue weighted by Crippen LogP contribution is 2.24. The molecule has 0 spiro atoms. The van der Waals surface area contributed by atoms with Gasteiger partial charge in [0.25, 0.3) is 0 Å². The minimum Gasteiger partial charge on any atom is -0.477 e. The van der Waals surface area contributed by atoms with Gasteiger partial charge in [0.05, 0.1) is 0 Å². The summed E-state index contributed by atoms with van der Waals surface area (Å²) in [6.45, 7) is 0.762. The third-order valence-electron chi connectivity index (χ3n) is 3.05. The molecule has 0 bridgehead atoms. The number of carbonyl (C=O) groups is 2. The number of carboxylic acid groups (broad SMARTS) is 1. The lowest BCUT2D eigenvalue weighted by Gasteiger charge is -2.27. The molecule has 0 amide bonds. The number of carbonyl (C=O) groups excluding carboxylic acids is 1. The lowest BCUT2D eigenvalue weighted by atomic mass is 9.98. The maximum absolute atomic E-state index is 11.2. The minimum atomic E-state index is -0.899. The van der Waals surface area contributed by atoms with Crippen molar-refractivity contribution in [2.45, 2.75) is 12.8 Å². The fraction of sp³-hybridized carbons (Fsp3) is 0.286. The van der Waals surface area contributed by atoms with Crippen LogP contribution < -0.4 is 0 Å². The molecule has 0 unspecified atom stereocenters. The minimum absolute atomic E-state index is 0.0413. The summed E-state index contributed by atoms with van der Waals surface area (Å²) >= 11 is 0. The number of aliphatic carboxylic acids is 1. The molecule has 4 heteroatoms. The van der Waals surface area contributed by atoms with Crippen LogP contribution in [0.1, 0.15) is 12.8 Å². The maximum Gasteiger partial charge on any atom is 0.352 e. The van der Waals surface area contributed by atoms with Crippen molar-refractivity contribution < 1.29 is 14.7 Å². The lowest BCUT2D eigenvalue weighted by molar-refractivity contribution is -0.134. The molecular weight excluding hydrogens is 230 g/mol. The molecule has 0 radical (unpaired) electrons. The molecule has 4 nitrogen and oxygen atoms in total. The van der Waals surface area contributed by atoms with E-state index in [0.29, 0.717) is 5.70 Å². The van der Waals surface area contributed by atoms with Crippen LogP contribution in [-0.2, 0) is 9.59 Å². The highest BCUT2D eigenvalue weighted by molar-refractivity contribution is 6.01. The van der Waals surface area contributed by atoms with Gasteiger partial charge in [0.2, 0.25) is 0 Å². The van der Waals surface area contributed by atoms with Gasteiger partial charge >= 0.3 is 5.97 Å². The Labute approximate surface area is 106 Å². The second-order valence-electron chi connectivity index (χ2n) is 4.42. The number of likely N-dealkylation sites (N-methyl/N-ethyl adjacent to an activating group) is 1. The topological polar surface area (TPSA) is 57.6 Å². The van der Waals surface area contributed by atoms with Crippen LogP contribution in [0, 0.1) is 0 Å². The van der Waals surface area contributed by atoms with Crippen molar-refractivity contribution in [1.29, 1.82) is 0 Å². The molecule has 0 saturated heterocycles. The average Bonchev–Trinajstić information content (AvgIpc) is 2.32. The Morgan fingerprint density at radius 1 is 1.33 bits per heavy atom. The van der Waals surface area contributed by atoms with Gasteiger partial charge in [-0.15, -0.1) is 0 Å². The monoisotopic (exact) mass is 245 g/mol. The molecule has 2 aliphatic rings. The predicted molar refractivity (Wildman–Crippen MR) is 67.9 cm³/mol. The van der Waals surface area contributed by atoms with E-state index in [-0.39, 0.29) is 5.78 Å². The maximum atomic E-state index is 11.2. The van der Waals surface area contributed by atoms with Gasteiger partial charge in [-0.05, 0) is 42.2 Å². The van der Waals surface area contributed by atoms with Gasteiger partial charge in [0, 0.05) is 13.6 Å². The molecular formula is C14H15NO3. The fourth-order valence-corrected chi connectivity index (χ4v) is 2.19. The Bertz CT molecular complexity index is 491. The number of carboxylic acids is 1. The number of nitrogens with zero attached hydrogens (tertiary/aromatic N) is 1. The van der Waals surface area contributed by atoms with Crippen molar-refractivity contribution in [2.75, 3.05) is 13.6 Å². The summed E-state index contributed by atoms with van der Waals surface area (Å²) in [5.74, 6) is -0.941. The smallest absolute Gasteiger partial charge is 0.352 e. The van der Waals surface area contributed by atoms with E-state index in [9.17, 15) is 14.7 Å². The molecule has 1 aliphatic carbocycles. The third kappa shape index (κ3) is 2.59. The first-order valence-corrected chi connectivity index (χ1v) is 5.87. The van der Waals surface area contributed by atoms with Crippen LogP contribution >= 0.6 is 0 Å². The van der Waals surface area contributed by atoms with Gasteiger partial charge in [-0.3, -0.25) is 4.79 Å². The van der Waals surface area contributed by atoms with Gasteiger partial charge in [-0.1, -0.05) is 12.2 Å². The second kappa shape index (κ2) is 5.04. The Hall–Kier alpha value is -2.10. The first-order valence-electron chi connectivity index (χ1n) is 5.87. The largest absolute Gasteiger partial charge is 0.477 e. The molecule has 0 aromatic heterocycles. The third-order valence-corrected chi connectivity index (χ3v) is 3.05. The number of hydrogen-bond donors (Lipinski definition) is 1. The van der Waals surface area contributed by atoms with Gasteiger partial charge < -0.3 is 10.0 Å². The van der Waals surface area contributed by atoms with E-state index < -0.39 is 5.97 Å². The van der Waals surface area contributed by atoms with Crippen LogP contribution in [0.15, 0.2) is 47.2 Å². The molecule has 0 saturated carbocycles. The normalized spacial score (nSPS) is 19.5. The molecule has 0 fully saturated rings. The summed E-state index contributed by atoms with van der Waals surface area (Å²) in [6.07, 6.45) is 9.94. The van der Waals surface area contributed by atoms with Crippen LogP contribution in [0.5, 0.6) is 0 Å². The van der Waals surface area contributed by atoms with E-state index in [1.54, 1.807) is 24.1 Å². The SMILES string of the molecule is CN1CCCC(C=C2C=CC(=O)C=C2)=C1C(=O)O. The van der Waals surface area contributed by atoms with Crippen molar-refractivity contribution in [3.63, 3.8) is 0 Å². The van der Waals surface area contributed by atoms with E-state index in [1.807, 2.05) is 6.08 Å². The van der Waals surface area contributed by atoms with Gasteiger partial charge in [0.1, 0.15) is 5.70 Å². The molecule has 1 N–H and O–H groups in total. The average molecular weight is 245 g/mol. The molecule has 1 heterocycles. The summed E-state index contributed by atoms with van der Waals surface area (Å²) in [6, 6.07) is 0. The predicted octanol–water partition coefficient (Wildman–Crippen LogP) is 1.67. The van der Waals surface area contributed by atoms with Crippen molar-refractivity contribution in [1.82, 2.24) is 4.90 Å². The van der Waals surface area contributed by atoms with Crippen LogP contribution in [0.3, 0.4) is 0 Å². The van der Waals surface area contributed by atoms with E-state index in [4.69, 9.17) is 0 Å². The van der Waals surface area contributed by atoms with E-state index >= 15 is 0 Å². The van der Waals surface area contributed by atoms with E-state index in [2.05, 4.69) is 0 Å². The zero-order chi connectivity index (χ0) is 13.1. The lowest BCUT2D eigenvalue weighted by Crippen LogP contribution is -2.29. The number of allylic oxidation sites excluding steroid dienone is 7. The van der Waals surface area contributed by atoms with Crippen molar-refractivity contribution >= 4 is 11.8 Å². The molecule has 1 aliphatic heterocycles. The quantitative estimate of drug-likeness (QED) is 0.804. The standard InChI is InChI=1S/C14H15NO3/c1-15-8-2-3-11(13(15)14(17)18)9-10-4-6-12(16)7-5-10/h4-7,9H,2-3,8H2,1H3,(H,17,18). The van der Waals surface area contributed by atoms with Crippen molar-refractivity contribution in [3.8, 4) is 0 Å². The first-order chi connectivity index (χ1) is 8.58. The summed E-state index contributed by atoms with van der Waals surface area (Å²) < 4.78 is 0. The summed E-state index contributed by atoms with van der Waals surface area (Å²) in [5.41, 5.74) is 2.03. The van der Waals surface area contributed by atoms with Crippen LogP contribution in [-0.4, -0.2) is 35.4 Å². The first kappa shape index (κ1) is 12.4. The van der Waals surface area contributed by atoms with Gasteiger partial charge in [-0.2, -0.15) is 0 Å². The highest BCUT2D eigenvalue weighted by atomic mass is 16.4. The molecule has 94 valence electrons. The van der Waals surface area contributed by atoms with E-state index in [0.717, 1.165) is 30.5 Å². The van der Waals surface area contributed by atoms with Gasteiger partial charge in [0.15, 0.2) is 5.78 Å². The van der Waals surface area contributed by atoms with Crippen molar-refractivity contribution in [2.24, 2.45) is 0 Å². The highest BCUT2D eigenvalue weighted by Gasteiger charge is 2.21. The van der Waals surface area contributed by atoms with E-state index in [1.165, 1.54) is 12.2 Å². The molecule has 18 heavy (non-hydrogen) atoms. The van der Waals surface area contributed by atoms with Crippen LogP contribution in [0.25, 0.3) is 0 Å². The zero-order valence-electron chi connectivity index (χ0n) is 10.2. The van der Waals surface area contributed by atoms with Crippen molar-refractivity contribution in [3.05, 3.63) is 47.2 Å². The zero-order valence-corrected chi connectivity index (χ0v) is 10.2. The number of rotatable bonds is 2. The number of ketones is 1. The Balaban J connectivity index is 2.36. The molecule has 0 aromatic rings. The Kier molecular flexibility index (Phi) is 3.46. The summed E-state index contributed by atoms with van der Waals surface area (Å²) in [7, 11) is 1.79. The molecule has 0 atom stereocenters. The van der Waals surface area contributed by atoms with Crippen LogP contribution in [0.4, 0.5) is 0 Å². The molecule has 2 rings (SSSR count). The molecule has 0 aromatic carbocycles. The van der Waals surface area contributed by atoms with Crippen LogP contribution in [0.2, 0.25) is 0 Å². The summed E-state index contributed by atoms with van der Waals surface area (Å²) in [5, 5.41) is 9.23. The summed E-state index contributed by atoms with van der Waals surface area (Å²) in [4.78, 5) is 24.0. The fourth-order valence-electron chi connectivity index (χ4n) is 2.19. The Morgan fingerprint density at radius 2 is 2.00 bits per heavy atom. The Morgan fingerprint density at radius 3 is 2.61 bits per heavy atom. The van der Waals surface area contributed by atoms with Gasteiger partial charge in [-0.25, -0.2) is 4.79 Å².